The topological polar surface area (TPSA) is 56.7 Å². The van der Waals surface area contributed by atoms with E-state index < -0.39 is 0 Å². The van der Waals surface area contributed by atoms with Gasteiger partial charge in [0.2, 0.25) is 0 Å². The molecule has 112 valence electrons. The van der Waals surface area contributed by atoms with Gasteiger partial charge in [-0.3, -0.25) is 14.7 Å². The second kappa shape index (κ2) is 7.77. The van der Waals surface area contributed by atoms with Gasteiger partial charge in [-0.2, -0.15) is 0 Å². The molecule has 2 rings (SSSR count). The molecule has 1 aliphatic heterocycles. The summed E-state index contributed by atoms with van der Waals surface area (Å²) in [4.78, 5) is 20.8. The molecule has 0 radical (unpaired) electrons. The van der Waals surface area contributed by atoms with E-state index in [2.05, 4.69) is 28.6 Å². The van der Waals surface area contributed by atoms with E-state index >= 15 is 0 Å². The number of aliphatic hydroxyl groups is 1. The lowest BCUT2D eigenvalue weighted by Crippen LogP contribution is -2.48. The molecule has 0 atom stereocenters. The number of carbonyl (C=O) groups excluding carboxylic acids is 1. The highest BCUT2D eigenvalue weighted by Crippen LogP contribution is 2.12. The maximum absolute atomic E-state index is 12.6. The molecule has 1 N–H and O–H groups in total. The van der Waals surface area contributed by atoms with Gasteiger partial charge in [0.05, 0.1) is 11.1 Å². The Bertz CT molecular complexity index is 540. The summed E-state index contributed by atoms with van der Waals surface area (Å²) in [5.41, 5.74) is 1.14. The fraction of sp³-hybridized carbons (Fsp3) is 0.500. The van der Waals surface area contributed by atoms with Crippen molar-refractivity contribution in [3.8, 4) is 11.8 Å². The van der Waals surface area contributed by atoms with Crippen molar-refractivity contribution in [3.05, 3.63) is 29.6 Å². The van der Waals surface area contributed by atoms with Crippen LogP contribution in [0.15, 0.2) is 18.5 Å². The number of nitrogens with zero attached hydrogens (tertiary/aromatic N) is 3. The Kier molecular flexibility index (Phi) is 5.73. The second-order valence-electron chi connectivity index (χ2n) is 5.01. The largest absolute Gasteiger partial charge is 0.384 e. The van der Waals surface area contributed by atoms with Crippen molar-refractivity contribution in [2.45, 2.75) is 13.3 Å². The summed E-state index contributed by atoms with van der Waals surface area (Å²) in [6, 6.07) is 1.70. The quantitative estimate of drug-likeness (QED) is 0.827. The zero-order valence-electron chi connectivity index (χ0n) is 12.4. The van der Waals surface area contributed by atoms with E-state index in [1.165, 1.54) is 0 Å². The summed E-state index contributed by atoms with van der Waals surface area (Å²) < 4.78 is 0. The molecule has 0 saturated carbocycles. The van der Waals surface area contributed by atoms with Crippen LogP contribution in [0.2, 0.25) is 0 Å². The predicted molar refractivity (Wildman–Crippen MR) is 80.8 cm³/mol. The molecule has 1 aliphatic rings. The molecule has 2 heterocycles. The van der Waals surface area contributed by atoms with Crippen LogP contribution >= 0.6 is 0 Å². The number of piperazine rings is 1. The van der Waals surface area contributed by atoms with Crippen LogP contribution in [0.5, 0.6) is 0 Å². The molecule has 1 aromatic heterocycles. The van der Waals surface area contributed by atoms with Crippen molar-refractivity contribution >= 4 is 5.91 Å². The SMILES string of the molecule is CCCN1CCN(C(=O)c2ccncc2C#CCO)CC1. The average Bonchev–Trinajstić information content (AvgIpc) is 2.53. The van der Waals surface area contributed by atoms with Gasteiger partial charge in [-0.1, -0.05) is 18.8 Å². The van der Waals surface area contributed by atoms with Gasteiger partial charge in [0.15, 0.2) is 0 Å². The van der Waals surface area contributed by atoms with Crippen LogP contribution in [-0.4, -0.2) is 65.1 Å². The van der Waals surface area contributed by atoms with E-state index in [0.29, 0.717) is 11.1 Å². The Morgan fingerprint density at radius 3 is 2.81 bits per heavy atom. The maximum Gasteiger partial charge on any atom is 0.255 e. The third-order valence-corrected chi connectivity index (χ3v) is 3.55. The van der Waals surface area contributed by atoms with E-state index in [-0.39, 0.29) is 12.5 Å². The van der Waals surface area contributed by atoms with Crippen molar-refractivity contribution < 1.29 is 9.90 Å². The predicted octanol–water partition coefficient (Wildman–Crippen LogP) is 0.593. The molecule has 0 unspecified atom stereocenters. The first kappa shape index (κ1) is 15.5. The number of aromatic nitrogens is 1. The summed E-state index contributed by atoms with van der Waals surface area (Å²) in [6.07, 6.45) is 4.31. The van der Waals surface area contributed by atoms with E-state index in [0.717, 1.165) is 39.1 Å². The molecular weight excluding hydrogens is 266 g/mol. The second-order valence-corrected chi connectivity index (χ2v) is 5.01. The van der Waals surface area contributed by atoms with Crippen LogP contribution in [-0.2, 0) is 0 Å². The molecule has 0 spiro atoms. The Morgan fingerprint density at radius 2 is 2.14 bits per heavy atom. The highest BCUT2D eigenvalue weighted by atomic mass is 16.2. The van der Waals surface area contributed by atoms with Crippen LogP contribution in [0.1, 0.15) is 29.3 Å². The number of hydrogen-bond donors (Lipinski definition) is 1. The highest BCUT2D eigenvalue weighted by Gasteiger charge is 2.23. The van der Waals surface area contributed by atoms with Crippen LogP contribution in [0, 0.1) is 11.8 Å². The number of pyridine rings is 1. The molecule has 1 saturated heterocycles. The summed E-state index contributed by atoms with van der Waals surface area (Å²) in [5, 5.41) is 8.79. The highest BCUT2D eigenvalue weighted by molar-refractivity contribution is 5.96. The first-order valence-electron chi connectivity index (χ1n) is 7.31. The van der Waals surface area contributed by atoms with Crippen molar-refractivity contribution in [3.63, 3.8) is 0 Å². The van der Waals surface area contributed by atoms with Crippen LogP contribution in [0.3, 0.4) is 0 Å². The van der Waals surface area contributed by atoms with Gasteiger partial charge in [-0.25, -0.2) is 0 Å². The molecule has 1 fully saturated rings. The zero-order chi connectivity index (χ0) is 15.1. The molecule has 0 aromatic carbocycles. The lowest BCUT2D eigenvalue weighted by atomic mass is 10.1. The van der Waals surface area contributed by atoms with Crippen molar-refractivity contribution in [1.29, 1.82) is 0 Å². The number of aliphatic hydroxyl groups excluding tert-OH is 1. The standard InChI is InChI=1S/C16H21N3O2/c1-2-7-18-8-10-19(11-9-18)16(21)15-5-6-17-13-14(15)4-3-12-20/h5-6,13,20H,2,7-12H2,1H3. The molecular formula is C16H21N3O2. The molecule has 21 heavy (non-hydrogen) atoms. The number of amides is 1. The van der Waals surface area contributed by atoms with E-state index in [9.17, 15) is 4.79 Å². The van der Waals surface area contributed by atoms with Gasteiger partial charge >= 0.3 is 0 Å². The summed E-state index contributed by atoms with van der Waals surface area (Å²) in [6.45, 7) is 6.36. The van der Waals surface area contributed by atoms with Crippen molar-refractivity contribution in [1.82, 2.24) is 14.8 Å². The van der Waals surface area contributed by atoms with Crippen molar-refractivity contribution in [2.75, 3.05) is 39.3 Å². The molecule has 1 aromatic rings. The van der Waals surface area contributed by atoms with E-state index in [4.69, 9.17) is 5.11 Å². The fourth-order valence-corrected chi connectivity index (χ4v) is 2.48. The number of rotatable bonds is 3. The van der Waals surface area contributed by atoms with Crippen molar-refractivity contribution in [2.24, 2.45) is 0 Å². The Hall–Kier alpha value is -1.90. The summed E-state index contributed by atoms with van der Waals surface area (Å²) in [5.74, 6) is 5.36. The molecule has 0 aliphatic carbocycles. The third-order valence-electron chi connectivity index (χ3n) is 3.55. The molecule has 5 nitrogen and oxygen atoms in total. The fourth-order valence-electron chi connectivity index (χ4n) is 2.48. The van der Waals surface area contributed by atoms with E-state index in [1.54, 1.807) is 18.5 Å². The summed E-state index contributed by atoms with van der Waals surface area (Å²) in [7, 11) is 0. The van der Waals surface area contributed by atoms with Gasteiger partial charge in [0.1, 0.15) is 6.61 Å². The monoisotopic (exact) mass is 287 g/mol. The van der Waals surface area contributed by atoms with E-state index in [1.807, 2.05) is 4.90 Å². The van der Waals surface area contributed by atoms with Crippen LogP contribution < -0.4 is 0 Å². The first-order valence-corrected chi connectivity index (χ1v) is 7.31. The van der Waals surface area contributed by atoms with Crippen LogP contribution in [0.25, 0.3) is 0 Å². The Labute approximate surface area is 125 Å². The Morgan fingerprint density at radius 1 is 1.38 bits per heavy atom. The lowest BCUT2D eigenvalue weighted by molar-refractivity contribution is 0.0637. The zero-order valence-corrected chi connectivity index (χ0v) is 12.4. The van der Waals surface area contributed by atoms with Gasteiger partial charge in [-0.15, -0.1) is 0 Å². The summed E-state index contributed by atoms with van der Waals surface area (Å²) >= 11 is 0. The van der Waals surface area contributed by atoms with Gasteiger partial charge < -0.3 is 10.0 Å². The van der Waals surface area contributed by atoms with Crippen LogP contribution in [0.4, 0.5) is 0 Å². The maximum atomic E-state index is 12.6. The van der Waals surface area contributed by atoms with Gasteiger partial charge in [0, 0.05) is 38.6 Å². The van der Waals surface area contributed by atoms with Gasteiger partial charge in [-0.05, 0) is 19.0 Å². The minimum atomic E-state index is -0.224. The number of hydrogen-bond acceptors (Lipinski definition) is 4. The molecule has 5 heteroatoms. The minimum Gasteiger partial charge on any atom is -0.384 e. The average molecular weight is 287 g/mol. The molecule has 0 bridgehead atoms. The lowest BCUT2D eigenvalue weighted by Gasteiger charge is -2.34. The Balaban J connectivity index is 2.07. The first-order chi connectivity index (χ1) is 10.3. The number of carbonyl (C=O) groups is 1. The third kappa shape index (κ3) is 4.03. The van der Waals surface area contributed by atoms with Gasteiger partial charge in [0.25, 0.3) is 5.91 Å². The molecule has 1 amide bonds. The normalized spacial score (nSPS) is 15.4. The minimum absolute atomic E-state index is 0.00390. The smallest absolute Gasteiger partial charge is 0.255 e.